The van der Waals surface area contributed by atoms with Gasteiger partial charge >= 0.3 is 12.1 Å². The largest absolute Gasteiger partial charge is 0.466 e. The van der Waals surface area contributed by atoms with Crippen LogP contribution in [0.3, 0.4) is 0 Å². The molecule has 0 spiro atoms. The number of ether oxygens (including phenoxy) is 1. The molecule has 0 aliphatic carbocycles. The van der Waals surface area contributed by atoms with Crippen LogP contribution in [-0.2, 0) is 9.53 Å². The average molecular weight is 230 g/mol. The van der Waals surface area contributed by atoms with Crippen molar-refractivity contribution in [3.8, 4) is 0 Å². The molecule has 0 aromatic heterocycles. The zero-order valence-electron chi connectivity index (χ0n) is 8.41. The van der Waals surface area contributed by atoms with Crippen LogP contribution in [0.2, 0.25) is 0 Å². The van der Waals surface area contributed by atoms with Gasteiger partial charge in [0.05, 0.1) is 12.7 Å². The monoisotopic (exact) mass is 230 g/mol. The molecular formula is C11H9F3O2. The third-order valence-corrected chi connectivity index (χ3v) is 1.85. The zero-order chi connectivity index (χ0) is 12.2. The van der Waals surface area contributed by atoms with Crippen molar-refractivity contribution in [2.75, 3.05) is 7.11 Å². The summed E-state index contributed by atoms with van der Waals surface area (Å²) < 4.78 is 42.1. The standard InChI is InChI=1S/C11H9F3O2/c1-16-10(15)7-9(11(12,13)14)8-5-3-2-4-6-8/h2-7H,1H3/b9-7-. The Morgan fingerprint density at radius 2 is 1.81 bits per heavy atom. The van der Waals surface area contributed by atoms with E-state index in [2.05, 4.69) is 4.74 Å². The Hall–Kier alpha value is -1.78. The predicted molar refractivity (Wildman–Crippen MR) is 52.5 cm³/mol. The van der Waals surface area contributed by atoms with E-state index in [4.69, 9.17) is 0 Å². The number of methoxy groups -OCH3 is 1. The van der Waals surface area contributed by atoms with Crippen molar-refractivity contribution in [3.63, 3.8) is 0 Å². The molecule has 1 aromatic carbocycles. The highest BCUT2D eigenvalue weighted by atomic mass is 19.4. The minimum absolute atomic E-state index is 0.0691. The van der Waals surface area contributed by atoms with E-state index in [1.165, 1.54) is 24.3 Å². The maximum absolute atomic E-state index is 12.6. The lowest BCUT2D eigenvalue weighted by Crippen LogP contribution is -2.13. The summed E-state index contributed by atoms with van der Waals surface area (Å²) in [6.07, 6.45) is -4.15. The Morgan fingerprint density at radius 1 is 1.25 bits per heavy atom. The van der Waals surface area contributed by atoms with Crippen LogP contribution in [0.15, 0.2) is 36.4 Å². The van der Waals surface area contributed by atoms with Crippen molar-refractivity contribution in [3.05, 3.63) is 42.0 Å². The van der Waals surface area contributed by atoms with E-state index in [9.17, 15) is 18.0 Å². The summed E-state index contributed by atoms with van der Waals surface area (Å²) in [6.45, 7) is 0. The Labute approximate surface area is 90.3 Å². The summed E-state index contributed by atoms with van der Waals surface area (Å²) in [5, 5.41) is 0. The average Bonchev–Trinajstić information content (AvgIpc) is 2.25. The molecule has 0 N–H and O–H groups in total. The Morgan fingerprint density at radius 3 is 2.25 bits per heavy atom. The number of hydrogen-bond acceptors (Lipinski definition) is 2. The molecule has 0 bridgehead atoms. The molecule has 86 valence electrons. The van der Waals surface area contributed by atoms with Crippen molar-refractivity contribution < 1.29 is 22.7 Å². The van der Waals surface area contributed by atoms with Gasteiger partial charge in [0.1, 0.15) is 0 Å². The molecule has 2 nitrogen and oxygen atoms in total. The summed E-state index contributed by atoms with van der Waals surface area (Å²) in [7, 11) is 1.03. The SMILES string of the molecule is COC(=O)/C=C(/c1ccccc1)C(F)(F)F. The summed E-state index contributed by atoms with van der Waals surface area (Å²) in [6, 6.07) is 7.08. The van der Waals surface area contributed by atoms with Crippen LogP contribution in [0.1, 0.15) is 5.56 Å². The number of benzene rings is 1. The van der Waals surface area contributed by atoms with Gasteiger partial charge < -0.3 is 4.74 Å². The topological polar surface area (TPSA) is 26.3 Å². The van der Waals surface area contributed by atoms with Gasteiger partial charge in [0, 0.05) is 6.08 Å². The lowest BCUT2D eigenvalue weighted by Gasteiger charge is -2.11. The molecule has 1 rings (SSSR count). The molecule has 5 heteroatoms. The third kappa shape index (κ3) is 3.12. The van der Waals surface area contributed by atoms with Crippen LogP contribution in [0.4, 0.5) is 13.2 Å². The second-order valence-electron chi connectivity index (χ2n) is 2.94. The molecule has 0 saturated heterocycles. The first-order chi connectivity index (χ1) is 7.45. The maximum Gasteiger partial charge on any atom is 0.417 e. The fraction of sp³-hybridized carbons (Fsp3) is 0.182. The van der Waals surface area contributed by atoms with Crippen molar-refractivity contribution in [2.45, 2.75) is 6.18 Å². The van der Waals surface area contributed by atoms with Crippen LogP contribution in [-0.4, -0.2) is 19.3 Å². The van der Waals surface area contributed by atoms with Crippen molar-refractivity contribution in [1.82, 2.24) is 0 Å². The maximum atomic E-state index is 12.6. The number of alkyl halides is 3. The van der Waals surface area contributed by atoms with Crippen molar-refractivity contribution in [1.29, 1.82) is 0 Å². The van der Waals surface area contributed by atoms with Gasteiger partial charge in [0.2, 0.25) is 0 Å². The predicted octanol–water partition coefficient (Wildman–Crippen LogP) is 2.81. The highest BCUT2D eigenvalue weighted by Crippen LogP contribution is 2.33. The first-order valence-electron chi connectivity index (χ1n) is 4.37. The van der Waals surface area contributed by atoms with E-state index in [0.29, 0.717) is 6.08 Å². The number of allylic oxidation sites excluding steroid dienone is 1. The molecule has 0 amide bonds. The van der Waals surface area contributed by atoms with E-state index in [1.807, 2.05) is 0 Å². The highest BCUT2D eigenvalue weighted by Gasteiger charge is 2.35. The first kappa shape index (κ1) is 12.3. The summed E-state index contributed by atoms with van der Waals surface area (Å²) in [5.74, 6) is -1.03. The molecule has 0 aliphatic heterocycles. The smallest absolute Gasteiger partial charge is 0.417 e. The fourth-order valence-electron chi connectivity index (χ4n) is 1.12. The Kier molecular flexibility index (Phi) is 3.71. The van der Waals surface area contributed by atoms with Crippen LogP contribution in [0.5, 0.6) is 0 Å². The second-order valence-corrected chi connectivity index (χ2v) is 2.94. The summed E-state index contributed by atoms with van der Waals surface area (Å²) >= 11 is 0. The van der Waals surface area contributed by atoms with Crippen molar-refractivity contribution >= 4 is 11.5 Å². The highest BCUT2D eigenvalue weighted by molar-refractivity contribution is 5.92. The molecule has 0 radical (unpaired) electrons. The van der Waals surface area contributed by atoms with E-state index < -0.39 is 17.7 Å². The molecule has 0 unspecified atom stereocenters. The van der Waals surface area contributed by atoms with E-state index in [1.54, 1.807) is 6.07 Å². The molecule has 0 atom stereocenters. The van der Waals surface area contributed by atoms with Gasteiger partial charge in [-0.25, -0.2) is 4.79 Å². The molecule has 16 heavy (non-hydrogen) atoms. The number of carbonyl (C=O) groups excluding carboxylic acids is 1. The van der Waals surface area contributed by atoms with Gasteiger partial charge in [-0.05, 0) is 5.56 Å². The lowest BCUT2D eigenvalue weighted by atomic mass is 10.1. The quantitative estimate of drug-likeness (QED) is 0.576. The second kappa shape index (κ2) is 4.83. The van der Waals surface area contributed by atoms with Gasteiger partial charge in [-0.3, -0.25) is 0 Å². The minimum atomic E-state index is -4.59. The van der Waals surface area contributed by atoms with E-state index in [-0.39, 0.29) is 5.56 Å². The summed E-state index contributed by atoms with van der Waals surface area (Å²) in [5.41, 5.74) is -1.08. The van der Waals surface area contributed by atoms with Crippen molar-refractivity contribution in [2.24, 2.45) is 0 Å². The van der Waals surface area contributed by atoms with Crippen LogP contribution < -0.4 is 0 Å². The normalized spacial score (nSPS) is 12.4. The fourth-order valence-corrected chi connectivity index (χ4v) is 1.12. The summed E-state index contributed by atoms with van der Waals surface area (Å²) in [4.78, 5) is 10.8. The molecular weight excluding hydrogens is 221 g/mol. The number of carbonyl (C=O) groups is 1. The van der Waals surface area contributed by atoms with Gasteiger partial charge in [0.15, 0.2) is 0 Å². The minimum Gasteiger partial charge on any atom is -0.466 e. The number of hydrogen-bond donors (Lipinski definition) is 0. The zero-order valence-corrected chi connectivity index (χ0v) is 8.41. The van der Waals surface area contributed by atoms with E-state index >= 15 is 0 Å². The lowest BCUT2D eigenvalue weighted by molar-refractivity contribution is -0.135. The Balaban J connectivity index is 3.18. The van der Waals surface area contributed by atoms with Gasteiger partial charge in [-0.2, -0.15) is 13.2 Å². The van der Waals surface area contributed by atoms with Gasteiger partial charge in [-0.15, -0.1) is 0 Å². The molecule has 0 heterocycles. The molecule has 0 aliphatic rings. The van der Waals surface area contributed by atoms with Gasteiger partial charge in [-0.1, -0.05) is 30.3 Å². The van der Waals surface area contributed by atoms with Crippen LogP contribution in [0.25, 0.3) is 5.57 Å². The number of halogens is 3. The molecule has 0 saturated carbocycles. The van der Waals surface area contributed by atoms with E-state index in [0.717, 1.165) is 7.11 Å². The molecule has 0 fully saturated rings. The number of rotatable bonds is 2. The van der Waals surface area contributed by atoms with Crippen LogP contribution >= 0.6 is 0 Å². The van der Waals surface area contributed by atoms with Crippen LogP contribution in [0, 0.1) is 0 Å². The first-order valence-corrected chi connectivity index (χ1v) is 4.37. The molecule has 1 aromatic rings. The Bertz CT molecular complexity index is 393. The van der Waals surface area contributed by atoms with Gasteiger partial charge in [0.25, 0.3) is 0 Å². The third-order valence-electron chi connectivity index (χ3n) is 1.85. The number of esters is 1.